The largest absolute Gasteiger partial charge is 0.417 e. The molecule has 3 aromatic rings. The summed E-state index contributed by atoms with van der Waals surface area (Å²) in [5.74, 6) is 0. The van der Waals surface area contributed by atoms with Crippen LogP contribution in [0.1, 0.15) is 29.5 Å². The minimum Gasteiger partial charge on any atom is -0.354 e. The van der Waals surface area contributed by atoms with Crippen LogP contribution in [0, 0.1) is 0 Å². The average molecular weight is 436 g/mol. The molecule has 0 bridgehead atoms. The van der Waals surface area contributed by atoms with E-state index in [4.69, 9.17) is 17.3 Å². The summed E-state index contributed by atoms with van der Waals surface area (Å²) < 4.78 is 80.7. The summed E-state index contributed by atoms with van der Waals surface area (Å²) >= 11 is 6.15. The van der Waals surface area contributed by atoms with Crippen molar-refractivity contribution < 1.29 is 26.3 Å². The highest BCUT2D eigenvalue weighted by Crippen LogP contribution is 2.44. The van der Waals surface area contributed by atoms with Crippen molar-refractivity contribution in [1.29, 1.82) is 0 Å². The number of hydrogen-bond donors (Lipinski definition) is 2. The van der Waals surface area contributed by atoms with Gasteiger partial charge in [-0.05, 0) is 49.6 Å². The number of aromatic nitrogens is 2. The van der Waals surface area contributed by atoms with Gasteiger partial charge in [-0.25, -0.2) is 0 Å². The fourth-order valence-electron chi connectivity index (χ4n) is 3.29. The maximum atomic E-state index is 13.7. The van der Waals surface area contributed by atoms with E-state index in [-0.39, 0.29) is 39.7 Å². The molecule has 2 heterocycles. The number of aryl methyl sites for hydroxylation is 1. The normalized spacial score (nSPS) is 12.7. The predicted octanol–water partition coefficient (Wildman–Crippen LogP) is 6.20. The molecule has 0 unspecified atom stereocenters. The highest BCUT2D eigenvalue weighted by molar-refractivity contribution is 6.33. The minimum atomic E-state index is -4.97. The summed E-state index contributed by atoms with van der Waals surface area (Å²) in [5.41, 5.74) is 3.38. The molecule has 0 spiro atoms. The van der Waals surface area contributed by atoms with E-state index in [1.807, 2.05) is 0 Å². The summed E-state index contributed by atoms with van der Waals surface area (Å²) in [4.78, 5) is 6.57. The number of fused-ring (bicyclic) bond motifs is 1. The van der Waals surface area contributed by atoms with Crippen molar-refractivity contribution in [3.63, 3.8) is 0 Å². The van der Waals surface area contributed by atoms with Crippen molar-refractivity contribution in [1.82, 2.24) is 9.97 Å². The molecule has 0 saturated carbocycles. The van der Waals surface area contributed by atoms with Crippen molar-refractivity contribution in [3.8, 4) is 11.3 Å². The first-order chi connectivity index (χ1) is 13.5. The second-order valence-corrected chi connectivity index (χ2v) is 6.93. The third kappa shape index (κ3) is 4.35. The Kier molecular flexibility index (Phi) is 5.82. The van der Waals surface area contributed by atoms with E-state index in [0.717, 1.165) is 0 Å². The SMILES string of the molecule is NCCCCc1c(-c2ccncc2Cl)[nH]c2cc(C(F)(F)F)cc(C(F)(F)F)c12. The van der Waals surface area contributed by atoms with Crippen LogP contribution in [0.2, 0.25) is 5.02 Å². The summed E-state index contributed by atoms with van der Waals surface area (Å²) in [5, 5.41) is -0.117. The molecule has 3 N–H and O–H groups in total. The van der Waals surface area contributed by atoms with Gasteiger partial charge in [-0.1, -0.05) is 11.6 Å². The van der Waals surface area contributed by atoms with Gasteiger partial charge in [0.15, 0.2) is 0 Å². The molecule has 0 amide bonds. The van der Waals surface area contributed by atoms with Crippen LogP contribution in [0.15, 0.2) is 30.6 Å². The van der Waals surface area contributed by atoms with E-state index in [0.29, 0.717) is 31.0 Å². The van der Waals surface area contributed by atoms with Crippen LogP contribution >= 0.6 is 11.6 Å². The van der Waals surface area contributed by atoms with Gasteiger partial charge in [0.25, 0.3) is 0 Å². The third-order valence-corrected chi connectivity index (χ3v) is 4.86. The van der Waals surface area contributed by atoms with Crippen LogP contribution in [0.3, 0.4) is 0 Å². The number of alkyl halides is 6. The molecule has 2 aromatic heterocycles. The van der Waals surface area contributed by atoms with Crippen molar-refractivity contribution in [2.75, 3.05) is 6.54 Å². The lowest BCUT2D eigenvalue weighted by atomic mass is 9.96. The number of pyridine rings is 1. The number of unbranched alkanes of at least 4 members (excludes halogenated alkanes) is 1. The number of nitrogens with two attached hydrogens (primary N) is 1. The number of H-pyrrole nitrogens is 1. The van der Waals surface area contributed by atoms with Gasteiger partial charge in [-0.3, -0.25) is 4.98 Å². The Morgan fingerprint density at radius 3 is 2.34 bits per heavy atom. The molecule has 3 rings (SSSR count). The van der Waals surface area contributed by atoms with Crippen LogP contribution < -0.4 is 5.73 Å². The number of nitrogens with one attached hydrogen (secondary N) is 1. The summed E-state index contributed by atoms with van der Waals surface area (Å²) in [6, 6.07) is 2.34. The highest BCUT2D eigenvalue weighted by atomic mass is 35.5. The molecular weight excluding hydrogens is 420 g/mol. The smallest absolute Gasteiger partial charge is 0.354 e. The maximum Gasteiger partial charge on any atom is 0.417 e. The van der Waals surface area contributed by atoms with Crippen LogP contribution in [-0.2, 0) is 18.8 Å². The molecular formula is C19H16ClF6N3. The summed E-state index contributed by atoms with van der Waals surface area (Å²) in [6.07, 6.45) is -5.95. The first-order valence-corrected chi connectivity index (χ1v) is 9.04. The van der Waals surface area contributed by atoms with Crippen molar-refractivity contribution in [2.45, 2.75) is 31.6 Å². The molecule has 0 aliphatic carbocycles. The van der Waals surface area contributed by atoms with Gasteiger partial charge in [-0.2, -0.15) is 26.3 Å². The lowest BCUT2D eigenvalue weighted by molar-refractivity contribution is -0.142. The molecule has 156 valence electrons. The molecule has 0 atom stereocenters. The molecule has 3 nitrogen and oxygen atoms in total. The number of aromatic amines is 1. The number of benzene rings is 1. The van der Waals surface area contributed by atoms with Gasteiger partial charge in [-0.15, -0.1) is 0 Å². The van der Waals surface area contributed by atoms with E-state index in [9.17, 15) is 26.3 Å². The zero-order chi connectivity index (χ0) is 21.4. The van der Waals surface area contributed by atoms with E-state index in [2.05, 4.69) is 9.97 Å². The van der Waals surface area contributed by atoms with Crippen molar-refractivity contribution in [2.24, 2.45) is 5.73 Å². The molecule has 0 radical (unpaired) electrons. The lowest BCUT2D eigenvalue weighted by Gasteiger charge is -2.14. The highest BCUT2D eigenvalue weighted by Gasteiger charge is 2.39. The van der Waals surface area contributed by atoms with Crippen molar-refractivity contribution in [3.05, 3.63) is 52.3 Å². The number of halogens is 7. The average Bonchev–Trinajstić information content (AvgIpc) is 2.98. The molecule has 10 heteroatoms. The van der Waals surface area contributed by atoms with Gasteiger partial charge >= 0.3 is 12.4 Å². The van der Waals surface area contributed by atoms with Crippen molar-refractivity contribution >= 4 is 22.5 Å². The van der Waals surface area contributed by atoms with Gasteiger partial charge in [0.1, 0.15) is 0 Å². The lowest BCUT2D eigenvalue weighted by Crippen LogP contribution is -2.11. The summed E-state index contributed by atoms with van der Waals surface area (Å²) in [7, 11) is 0. The standard InChI is InChI=1S/C19H16ClF6N3/c20-14-9-28-6-4-11(14)17-12(3-1-2-5-27)16-13(19(24,25)26)7-10(18(21,22)23)8-15(16)29-17/h4,6-9,29H,1-3,5,27H2. The second kappa shape index (κ2) is 7.87. The fourth-order valence-corrected chi connectivity index (χ4v) is 3.51. The van der Waals surface area contributed by atoms with E-state index < -0.39 is 23.5 Å². The summed E-state index contributed by atoms with van der Waals surface area (Å²) in [6.45, 7) is 0.345. The molecule has 0 fully saturated rings. The molecule has 0 aliphatic heterocycles. The van der Waals surface area contributed by atoms with E-state index in [1.54, 1.807) is 0 Å². The Morgan fingerprint density at radius 1 is 1.03 bits per heavy atom. The number of nitrogens with zero attached hydrogens (tertiary/aromatic N) is 1. The van der Waals surface area contributed by atoms with Crippen LogP contribution in [-0.4, -0.2) is 16.5 Å². The van der Waals surface area contributed by atoms with E-state index in [1.165, 1.54) is 18.5 Å². The fraction of sp³-hybridized carbons (Fsp3) is 0.316. The Bertz CT molecular complexity index is 1020. The van der Waals surface area contributed by atoms with Gasteiger partial charge < -0.3 is 10.7 Å². The van der Waals surface area contributed by atoms with Crippen LogP contribution in [0.5, 0.6) is 0 Å². The quantitative estimate of drug-likeness (QED) is 0.370. The van der Waals surface area contributed by atoms with Gasteiger partial charge in [0.2, 0.25) is 0 Å². The Labute approximate surface area is 166 Å². The number of hydrogen-bond acceptors (Lipinski definition) is 2. The first-order valence-electron chi connectivity index (χ1n) is 8.67. The van der Waals surface area contributed by atoms with E-state index >= 15 is 0 Å². The molecule has 1 aromatic carbocycles. The van der Waals surface area contributed by atoms with Crippen LogP contribution in [0.25, 0.3) is 22.2 Å². The monoisotopic (exact) mass is 435 g/mol. The zero-order valence-corrected chi connectivity index (χ0v) is 15.6. The maximum absolute atomic E-state index is 13.7. The molecule has 0 aliphatic rings. The Balaban J connectivity index is 2.36. The predicted molar refractivity (Wildman–Crippen MR) is 98.5 cm³/mol. The topological polar surface area (TPSA) is 54.7 Å². The number of rotatable bonds is 5. The Morgan fingerprint density at radius 2 is 1.76 bits per heavy atom. The zero-order valence-electron chi connectivity index (χ0n) is 14.9. The van der Waals surface area contributed by atoms with Gasteiger partial charge in [0.05, 0.1) is 21.8 Å². The van der Waals surface area contributed by atoms with Gasteiger partial charge in [0, 0.05) is 28.9 Å². The molecule has 29 heavy (non-hydrogen) atoms. The third-order valence-electron chi connectivity index (χ3n) is 4.56. The van der Waals surface area contributed by atoms with Crippen LogP contribution in [0.4, 0.5) is 26.3 Å². The molecule has 0 saturated heterocycles. The first kappa shape index (κ1) is 21.4. The minimum absolute atomic E-state index is 0.153. The Hall–Kier alpha value is -2.26. The second-order valence-electron chi connectivity index (χ2n) is 6.52.